The summed E-state index contributed by atoms with van der Waals surface area (Å²) in [7, 11) is -3.23. The van der Waals surface area contributed by atoms with Crippen molar-refractivity contribution < 1.29 is 31.9 Å². The van der Waals surface area contributed by atoms with Crippen LogP contribution in [0.1, 0.15) is 15.9 Å². The van der Waals surface area contributed by atoms with E-state index in [0.717, 1.165) is 4.90 Å². The molecule has 0 saturated heterocycles. The first-order valence-corrected chi connectivity index (χ1v) is 7.41. The summed E-state index contributed by atoms with van der Waals surface area (Å²) in [4.78, 5) is 23.3. The molecule has 1 N–H and O–H groups in total. The first-order chi connectivity index (χ1) is 9.63. The SMILES string of the molecule is CN(CC(=O)O)C(=O)c1ccc(CS(=O)(=O)C(F)F)cc1. The summed E-state index contributed by atoms with van der Waals surface area (Å²) in [6.07, 6.45) is 0. The van der Waals surface area contributed by atoms with Crippen molar-refractivity contribution in [3.8, 4) is 0 Å². The van der Waals surface area contributed by atoms with Gasteiger partial charge in [-0.3, -0.25) is 9.59 Å². The number of benzene rings is 1. The lowest BCUT2D eigenvalue weighted by Crippen LogP contribution is -2.31. The minimum absolute atomic E-state index is 0.118. The molecule has 0 aliphatic heterocycles. The zero-order chi connectivity index (χ0) is 16.2. The standard InChI is InChI=1S/C12H13F2NO5S/c1-15(6-10(16)17)11(18)9-4-2-8(3-5-9)7-21(19,20)12(13)14/h2-5,12H,6-7H2,1H3,(H,16,17). The van der Waals surface area contributed by atoms with Crippen molar-refractivity contribution in [2.45, 2.75) is 11.5 Å². The number of amides is 1. The molecule has 9 heteroatoms. The van der Waals surface area contributed by atoms with Crippen LogP contribution in [0.5, 0.6) is 0 Å². The van der Waals surface area contributed by atoms with Crippen LogP contribution in [0.3, 0.4) is 0 Å². The summed E-state index contributed by atoms with van der Waals surface area (Å²) in [6, 6.07) is 5.00. The first-order valence-electron chi connectivity index (χ1n) is 5.69. The maximum atomic E-state index is 12.2. The van der Waals surface area contributed by atoms with Gasteiger partial charge in [-0.15, -0.1) is 0 Å². The Hall–Kier alpha value is -2.03. The van der Waals surface area contributed by atoms with Gasteiger partial charge in [-0.05, 0) is 17.7 Å². The molecule has 1 rings (SSSR count). The van der Waals surface area contributed by atoms with E-state index < -0.39 is 39.8 Å². The van der Waals surface area contributed by atoms with Crippen molar-refractivity contribution in [3.05, 3.63) is 35.4 Å². The van der Waals surface area contributed by atoms with Gasteiger partial charge >= 0.3 is 11.7 Å². The Morgan fingerprint density at radius 3 is 2.19 bits per heavy atom. The molecule has 1 aromatic rings. The minimum Gasteiger partial charge on any atom is -0.480 e. The van der Waals surface area contributed by atoms with E-state index >= 15 is 0 Å². The average molecular weight is 321 g/mol. The van der Waals surface area contributed by atoms with Crippen molar-refractivity contribution in [1.82, 2.24) is 4.90 Å². The highest BCUT2D eigenvalue weighted by atomic mass is 32.2. The topological polar surface area (TPSA) is 91.8 Å². The molecule has 1 amide bonds. The number of carboxylic acid groups (broad SMARTS) is 1. The molecule has 0 heterocycles. The molecule has 0 saturated carbocycles. The van der Waals surface area contributed by atoms with Gasteiger partial charge < -0.3 is 10.0 Å². The van der Waals surface area contributed by atoms with E-state index in [2.05, 4.69) is 0 Å². The van der Waals surface area contributed by atoms with Crippen molar-refractivity contribution in [2.24, 2.45) is 0 Å². The highest BCUT2D eigenvalue weighted by molar-refractivity contribution is 7.90. The van der Waals surface area contributed by atoms with E-state index in [1.54, 1.807) is 0 Å². The van der Waals surface area contributed by atoms with Gasteiger partial charge in [0.1, 0.15) is 6.54 Å². The Balaban J connectivity index is 2.83. The van der Waals surface area contributed by atoms with Gasteiger partial charge in [-0.2, -0.15) is 8.78 Å². The van der Waals surface area contributed by atoms with Crippen LogP contribution < -0.4 is 0 Å². The van der Waals surface area contributed by atoms with Crippen LogP contribution in [0.4, 0.5) is 8.78 Å². The van der Waals surface area contributed by atoms with Gasteiger partial charge in [0.05, 0.1) is 5.75 Å². The Labute approximate surface area is 119 Å². The van der Waals surface area contributed by atoms with Gasteiger partial charge in [-0.25, -0.2) is 8.42 Å². The third kappa shape index (κ3) is 4.78. The Kier molecular flexibility index (Phi) is 5.36. The highest BCUT2D eigenvalue weighted by Gasteiger charge is 2.24. The van der Waals surface area contributed by atoms with Crippen LogP contribution in [0.25, 0.3) is 0 Å². The summed E-state index contributed by atoms with van der Waals surface area (Å²) < 4.78 is 46.6. The molecule has 0 atom stereocenters. The normalized spacial score (nSPS) is 11.4. The molecule has 0 unspecified atom stereocenters. The third-order valence-electron chi connectivity index (χ3n) is 2.56. The molecule has 116 valence electrons. The second-order valence-electron chi connectivity index (χ2n) is 4.32. The number of sulfone groups is 1. The lowest BCUT2D eigenvalue weighted by Gasteiger charge is -2.14. The fourth-order valence-electron chi connectivity index (χ4n) is 1.53. The zero-order valence-electron chi connectivity index (χ0n) is 11.0. The molecule has 0 spiro atoms. The number of aliphatic carboxylic acids is 1. The van der Waals surface area contributed by atoms with Crippen LogP contribution in [0.2, 0.25) is 0 Å². The molecule has 0 aromatic heterocycles. The first kappa shape index (κ1) is 17.0. The number of rotatable bonds is 6. The van der Waals surface area contributed by atoms with E-state index in [0.29, 0.717) is 0 Å². The van der Waals surface area contributed by atoms with E-state index in [-0.39, 0.29) is 11.1 Å². The van der Waals surface area contributed by atoms with Crippen LogP contribution in [-0.4, -0.2) is 49.7 Å². The molecule has 21 heavy (non-hydrogen) atoms. The largest absolute Gasteiger partial charge is 0.480 e. The Bertz CT molecular complexity index is 628. The predicted molar refractivity (Wildman–Crippen MR) is 69.7 cm³/mol. The average Bonchev–Trinajstić information content (AvgIpc) is 2.37. The maximum Gasteiger partial charge on any atom is 0.337 e. The van der Waals surface area contributed by atoms with Gasteiger partial charge in [0.15, 0.2) is 0 Å². The highest BCUT2D eigenvalue weighted by Crippen LogP contribution is 2.14. The number of hydrogen-bond donors (Lipinski definition) is 1. The third-order valence-corrected chi connectivity index (χ3v) is 3.84. The number of likely N-dealkylation sites (N-methyl/N-ethyl adjacent to an activating group) is 1. The van der Waals surface area contributed by atoms with E-state index in [4.69, 9.17) is 5.11 Å². The van der Waals surface area contributed by atoms with Gasteiger partial charge in [0.2, 0.25) is 9.84 Å². The van der Waals surface area contributed by atoms with Crippen molar-refractivity contribution >= 4 is 21.7 Å². The molecular weight excluding hydrogens is 308 g/mol. The Morgan fingerprint density at radius 1 is 1.24 bits per heavy atom. The quantitative estimate of drug-likeness (QED) is 0.843. The molecule has 6 nitrogen and oxygen atoms in total. The number of nitrogens with zero attached hydrogens (tertiary/aromatic N) is 1. The smallest absolute Gasteiger partial charge is 0.337 e. The van der Waals surface area contributed by atoms with E-state index in [1.165, 1.54) is 31.3 Å². The molecule has 0 aliphatic carbocycles. The van der Waals surface area contributed by atoms with Crippen molar-refractivity contribution in [3.63, 3.8) is 0 Å². The minimum atomic E-state index is -4.52. The number of carboxylic acids is 1. The van der Waals surface area contributed by atoms with E-state index in [9.17, 15) is 26.8 Å². The van der Waals surface area contributed by atoms with Crippen molar-refractivity contribution in [1.29, 1.82) is 0 Å². The summed E-state index contributed by atoms with van der Waals surface area (Å²) >= 11 is 0. The lowest BCUT2D eigenvalue weighted by molar-refractivity contribution is -0.137. The second-order valence-corrected chi connectivity index (χ2v) is 6.29. The molecule has 0 bridgehead atoms. The van der Waals surface area contributed by atoms with E-state index in [1.807, 2.05) is 0 Å². The monoisotopic (exact) mass is 321 g/mol. The zero-order valence-corrected chi connectivity index (χ0v) is 11.8. The molecular formula is C12H13F2NO5S. The van der Waals surface area contributed by atoms with Crippen molar-refractivity contribution in [2.75, 3.05) is 13.6 Å². The number of alkyl halides is 2. The Morgan fingerprint density at radius 2 is 1.76 bits per heavy atom. The fraction of sp³-hybridized carbons (Fsp3) is 0.333. The number of carbonyl (C=O) groups excluding carboxylic acids is 1. The molecule has 0 aliphatic rings. The maximum absolute atomic E-state index is 12.2. The molecule has 0 fully saturated rings. The fourth-order valence-corrected chi connectivity index (χ4v) is 2.32. The molecule has 0 radical (unpaired) electrons. The summed E-state index contributed by atoms with van der Waals surface area (Å²) in [5, 5.41) is 8.57. The lowest BCUT2D eigenvalue weighted by atomic mass is 10.1. The second kappa shape index (κ2) is 6.61. The summed E-state index contributed by atoms with van der Waals surface area (Å²) in [5.74, 6) is -6.03. The van der Waals surface area contributed by atoms with Crippen LogP contribution >= 0.6 is 0 Å². The van der Waals surface area contributed by atoms with Gasteiger partial charge in [0, 0.05) is 12.6 Å². The van der Waals surface area contributed by atoms with Gasteiger partial charge in [-0.1, -0.05) is 12.1 Å². The van der Waals surface area contributed by atoms with Crippen LogP contribution in [0.15, 0.2) is 24.3 Å². The summed E-state index contributed by atoms with van der Waals surface area (Å²) in [5.41, 5.74) is 0.254. The van der Waals surface area contributed by atoms with Crippen LogP contribution in [0, 0.1) is 0 Å². The predicted octanol–water partition coefficient (Wildman–Crippen LogP) is 0.981. The summed E-state index contributed by atoms with van der Waals surface area (Å²) in [6.45, 7) is -0.486. The number of halogens is 2. The van der Waals surface area contributed by atoms with Gasteiger partial charge in [0.25, 0.3) is 5.91 Å². The number of hydrogen-bond acceptors (Lipinski definition) is 4. The molecule has 1 aromatic carbocycles. The van der Waals surface area contributed by atoms with Crippen LogP contribution in [-0.2, 0) is 20.4 Å². The number of carbonyl (C=O) groups is 2.